The first-order chi connectivity index (χ1) is 6.75. The molecule has 0 aromatic rings. The number of amides is 1. The number of hydrogen-bond donors (Lipinski definition) is 1. The maximum absolute atomic E-state index is 11.8. The predicted molar refractivity (Wildman–Crippen MR) is 56.7 cm³/mol. The van der Waals surface area contributed by atoms with Gasteiger partial charge in [-0.05, 0) is 19.4 Å². The summed E-state index contributed by atoms with van der Waals surface area (Å²) in [6.45, 7) is 1.34. The molecule has 0 aromatic heterocycles. The van der Waals surface area contributed by atoms with Crippen molar-refractivity contribution in [1.29, 1.82) is 0 Å². The van der Waals surface area contributed by atoms with Crippen LogP contribution in [0.25, 0.3) is 0 Å². The molecule has 0 bridgehead atoms. The number of hydrogen-bond acceptors (Lipinski definition) is 2. The monoisotopic (exact) mass is 194 g/mol. The van der Waals surface area contributed by atoms with E-state index in [-0.39, 0.29) is 11.9 Å². The molecule has 1 unspecified atom stereocenters. The largest absolute Gasteiger partial charge is 0.333 e. The highest BCUT2D eigenvalue weighted by molar-refractivity contribution is 5.81. The SMILES string of the molecule is C#CCN(C)C(=O)C1CCCCCN1. The summed E-state index contributed by atoms with van der Waals surface area (Å²) in [5.74, 6) is 2.61. The number of carbonyl (C=O) groups is 1. The second-order valence-corrected chi connectivity index (χ2v) is 3.75. The Morgan fingerprint density at radius 3 is 3.07 bits per heavy atom. The molecule has 1 atom stereocenters. The van der Waals surface area contributed by atoms with Gasteiger partial charge < -0.3 is 10.2 Å². The molecule has 3 heteroatoms. The van der Waals surface area contributed by atoms with Gasteiger partial charge in [0.15, 0.2) is 0 Å². The van der Waals surface area contributed by atoms with E-state index in [1.807, 2.05) is 0 Å². The molecule has 1 aliphatic heterocycles. The van der Waals surface area contributed by atoms with Gasteiger partial charge in [-0.3, -0.25) is 4.79 Å². The lowest BCUT2D eigenvalue weighted by Gasteiger charge is -2.21. The number of carbonyl (C=O) groups excluding carboxylic acids is 1. The Morgan fingerprint density at radius 2 is 2.36 bits per heavy atom. The average Bonchev–Trinajstić information content (AvgIpc) is 2.45. The Hall–Kier alpha value is -1.01. The molecular formula is C11H18N2O. The summed E-state index contributed by atoms with van der Waals surface area (Å²) in [5, 5.41) is 3.26. The minimum atomic E-state index is -0.0177. The van der Waals surface area contributed by atoms with Gasteiger partial charge in [-0.2, -0.15) is 0 Å². The van der Waals surface area contributed by atoms with Gasteiger partial charge in [-0.15, -0.1) is 6.42 Å². The molecule has 0 spiro atoms. The van der Waals surface area contributed by atoms with Crippen LogP contribution in [0.3, 0.4) is 0 Å². The third kappa shape index (κ3) is 3.04. The molecule has 0 radical (unpaired) electrons. The molecule has 1 rings (SSSR count). The summed E-state index contributed by atoms with van der Waals surface area (Å²) >= 11 is 0. The van der Waals surface area contributed by atoms with Gasteiger partial charge in [-0.1, -0.05) is 18.8 Å². The van der Waals surface area contributed by atoms with Crippen LogP contribution in [0.15, 0.2) is 0 Å². The zero-order chi connectivity index (χ0) is 10.4. The van der Waals surface area contributed by atoms with Gasteiger partial charge in [0.25, 0.3) is 0 Å². The van der Waals surface area contributed by atoms with E-state index in [1.165, 1.54) is 12.8 Å². The summed E-state index contributed by atoms with van der Waals surface area (Å²) in [6.07, 6.45) is 9.62. The maximum Gasteiger partial charge on any atom is 0.240 e. The van der Waals surface area contributed by atoms with E-state index in [9.17, 15) is 4.79 Å². The Labute approximate surface area is 85.9 Å². The van der Waals surface area contributed by atoms with Crippen molar-refractivity contribution >= 4 is 5.91 Å². The van der Waals surface area contributed by atoms with Crippen molar-refractivity contribution < 1.29 is 4.79 Å². The topological polar surface area (TPSA) is 32.3 Å². The quantitative estimate of drug-likeness (QED) is 0.653. The van der Waals surface area contributed by atoms with Crippen molar-refractivity contribution in [3.05, 3.63) is 0 Å². The highest BCUT2D eigenvalue weighted by atomic mass is 16.2. The zero-order valence-electron chi connectivity index (χ0n) is 8.75. The van der Waals surface area contributed by atoms with Gasteiger partial charge in [0.2, 0.25) is 5.91 Å². The molecule has 0 aliphatic carbocycles. The Bertz CT molecular complexity index is 224. The fourth-order valence-corrected chi connectivity index (χ4v) is 1.72. The van der Waals surface area contributed by atoms with Crippen molar-refractivity contribution in [2.24, 2.45) is 0 Å². The first kappa shape index (κ1) is 11.1. The lowest BCUT2D eigenvalue weighted by Crippen LogP contribution is -2.44. The zero-order valence-corrected chi connectivity index (χ0v) is 8.75. The number of likely N-dealkylation sites (N-methyl/N-ethyl adjacent to an activating group) is 1. The molecule has 0 saturated carbocycles. The summed E-state index contributed by atoms with van der Waals surface area (Å²) < 4.78 is 0. The third-order valence-corrected chi connectivity index (χ3v) is 2.56. The van der Waals surface area contributed by atoms with Crippen LogP contribution >= 0.6 is 0 Å². The second kappa shape index (κ2) is 5.66. The van der Waals surface area contributed by atoms with Crippen LogP contribution in [-0.4, -0.2) is 37.0 Å². The molecule has 78 valence electrons. The molecule has 14 heavy (non-hydrogen) atoms. The van der Waals surface area contributed by atoms with Crippen LogP contribution < -0.4 is 5.32 Å². The van der Waals surface area contributed by atoms with Crippen molar-refractivity contribution in [2.75, 3.05) is 20.1 Å². The van der Waals surface area contributed by atoms with Crippen molar-refractivity contribution in [3.8, 4) is 12.3 Å². The summed E-state index contributed by atoms with van der Waals surface area (Å²) in [7, 11) is 1.76. The number of terminal acetylenes is 1. The number of nitrogens with one attached hydrogen (secondary N) is 1. The van der Waals surface area contributed by atoms with Crippen LogP contribution in [0.5, 0.6) is 0 Å². The minimum absolute atomic E-state index is 0.0177. The van der Waals surface area contributed by atoms with Crippen molar-refractivity contribution in [3.63, 3.8) is 0 Å². The molecular weight excluding hydrogens is 176 g/mol. The summed E-state index contributed by atoms with van der Waals surface area (Å²) in [6, 6.07) is -0.0177. The van der Waals surface area contributed by atoms with Crippen LogP contribution in [0.1, 0.15) is 25.7 Å². The van der Waals surface area contributed by atoms with Crippen LogP contribution in [0, 0.1) is 12.3 Å². The van der Waals surface area contributed by atoms with E-state index in [0.29, 0.717) is 6.54 Å². The first-order valence-electron chi connectivity index (χ1n) is 5.17. The summed E-state index contributed by atoms with van der Waals surface area (Å²) in [5.41, 5.74) is 0. The molecule has 0 aromatic carbocycles. The fraction of sp³-hybridized carbons (Fsp3) is 0.727. The molecule has 1 N–H and O–H groups in total. The average molecular weight is 194 g/mol. The molecule has 1 fully saturated rings. The second-order valence-electron chi connectivity index (χ2n) is 3.75. The van der Waals surface area contributed by atoms with Crippen LogP contribution in [0.2, 0.25) is 0 Å². The van der Waals surface area contributed by atoms with Gasteiger partial charge in [-0.25, -0.2) is 0 Å². The highest BCUT2D eigenvalue weighted by Crippen LogP contribution is 2.09. The van der Waals surface area contributed by atoms with Crippen molar-refractivity contribution in [2.45, 2.75) is 31.7 Å². The molecule has 1 amide bonds. The third-order valence-electron chi connectivity index (χ3n) is 2.56. The van der Waals surface area contributed by atoms with E-state index in [4.69, 9.17) is 6.42 Å². The normalized spacial score (nSPS) is 22.1. The maximum atomic E-state index is 11.8. The fourth-order valence-electron chi connectivity index (χ4n) is 1.72. The minimum Gasteiger partial charge on any atom is -0.333 e. The van der Waals surface area contributed by atoms with E-state index >= 15 is 0 Å². The van der Waals surface area contributed by atoms with E-state index in [0.717, 1.165) is 19.4 Å². The first-order valence-corrected chi connectivity index (χ1v) is 5.17. The van der Waals surface area contributed by atoms with Gasteiger partial charge >= 0.3 is 0 Å². The Kier molecular flexibility index (Phi) is 4.48. The van der Waals surface area contributed by atoms with Gasteiger partial charge in [0.05, 0.1) is 12.6 Å². The van der Waals surface area contributed by atoms with E-state index < -0.39 is 0 Å². The Morgan fingerprint density at radius 1 is 1.57 bits per heavy atom. The lowest BCUT2D eigenvalue weighted by molar-refractivity contribution is -0.131. The van der Waals surface area contributed by atoms with Crippen LogP contribution in [-0.2, 0) is 4.79 Å². The summed E-state index contributed by atoms with van der Waals surface area (Å²) in [4.78, 5) is 13.4. The van der Waals surface area contributed by atoms with Crippen LogP contribution in [0.4, 0.5) is 0 Å². The standard InChI is InChI=1S/C11H18N2O/c1-3-9-13(2)11(14)10-7-5-4-6-8-12-10/h1,10,12H,4-9H2,2H3. The van der Waals surface area contributed by atoms with E-state index in [2.05, 4.69) is 11.2 Å². The van der Waals surface area contributed by atoms with E-state index in [1.54, 1.807) is 11.9 Å². The van der Waals surface area contributed by atoms with Gasteiger partial charge in [0.1, 0.15) is 0 Å². The molecule has 1 aliphatic rings. The molecule has 3 nitrogen and oxygen atoms in total. The molecule has 1 heterocycles. The lowest BCUT2D eigenvalue weighted by atomic mass is 10.1. The smallest absolute Gasteiger partial charge is 0.240 e. The predicted octanol–water partition coefficient (Wildman–Crippen LogP) is 0.610. The number of rotatable bonds is 2. The van der Waals surface area contributed by atoms with Crippen molar-refractivity contribution in [1.82, 2.24) is 10.2 Å². The Balaban J connectivity index is 2.45. The number of nitrogens with zero attached hydrogens (tertiary/aromatic N) is 1. The van der Waals surface area contributed by atoms with Gasteiger partial charge in [0, 0.05) is 7.05 Å². The molecule has 1 saturated heterocycles. The highest BCUT2D eigenvalue weighted by Gasteiger charge is 2.21.